The monoisotopic (exact) mass is 223 g/mol. The molecule has 88 valence electrons. The SMILES string of the molecule is CCc1nn(C)cc1C1CNCC1C(=O)O. The molecule has 0 bridgehead atoms. The Morgan fingerprint density at radius 3 is 3.06 bits per heavy atom. The van der Waals surface area contributed by atoms with Gasteiger partial charge in [-0.05, 0) is 12.0 Å². The third kappa shape index (κ3) is 1.82. The molecule has 16 heavy (non-hydrogen) atoms. The molecule has 1 fully saturated rings. The van der Waals surface area contributed by atoms with Gasteiger partial charge in [0.25, 0.3) is 0 Å². The summed E-state index contributed by atoms with van der Waals surface area (Å²) in [7, 11) is 1.88. The van der Waals surface area contributed by atoms with E-state index in [1.165, 1.54) is 0 Å². The van der Waals surface area contributed by atoms with Crippen LogP contribution < -0.4 is 5.32 Å². The van der Waals surface area contributed by atoms with Crippen molar-refractivity contribution in [1.82, 2.24) is 15.1 Å². The molecular formula is C11H17N3O2. The lowest BCUT2D eigenvalue weighted by Gasteiger charge is -2.13. The molecule has 2 heterocycles. The van der Waals surface area contributed by atoms with E-state index in [9.17, 15) is 4.79 Å². The van der Waals surface area contributed by atoms with E-state index in [1.54, 1.807) is 4.68 Å². The van der Waals surface area contributed by atoms with Crippen molar-refractivity contribution in [3.8, 4) is 0 Å². The number of hydrogen-bond donors (Lipinski definition) is 2. The number of aryl methyl sites for hydroxylation is 2. The molecule has 1 aliphatic heterocycles. The number of nitrogens with one attached hydrogen (secondary N) is 1. The summed E-state index contributed by atoms with van der Waals surface area (Å²) in [5.41, 5.74) is 2.10. The van der Waals surface area contributed by atoms with Gasteiger partial charge in [-0.2, -0.15) is 5.10 Å². The summed E-state index contributed by atoms with van der Waals surface area (Å²) in [4.78, 5) is 11.1. The molecule has 5 heteroatoms. The summed E-state index contributed by atoms with van der Waals surface area (Å²) in [6.07, 6.45) is 2.80. The number of nitrogens with zero attached hydrogens (tertiary/aromatic N) is 2. The summed E-state index contributed by atoms with van der Waals surface area (Å²) >= 11 is 0. The van der Waals surface area contributed by atoms with Gasteiger partial charge in [-0.3, -0.25) is 9.48 Å². The van der Waals surface area contributed by atoms with E-state index in [0.29, 0.717) is 6.54 Å². The standard InChI is InChI=1S/C11H17N3O2/c1-3-10-9(6-14(2)13-10)7-4-12-5-8(7)11(15)16/h6-8,12H,3-5H2,1-2H3,(H,15,16). The number of carboxylic acid groups (broad SMARTS) is 1. The van der Waals surface area contributed by atoms with E-state index in [-0.39, 0.29) is 11.8 Å². The van der Waals surface area contributed by atoms with Crippen LogP contribution in [0.2, 0.25) is 0 Å². The molecule has 1 saturated heterocycles. The minimum atomic E-state index is -0.721. The Labute approximate surface area is 94.5 Å². The normalized spacial score (nSPS) is 24.9. The highest BCUT2D eigenvalue weighted by atomic mass is 16.4. The minimum absolute atomic E-state index is 0.0566. The van der Waals surface area contributed by atoms with Crippen molar-refractivity contribution in [1.29, 1.82) is 0 Å². The van der Waals surface area contributed by atoms with Gasteiger partial charge >= 0.3 is 5.97 Å². The molecule has 1 aliphatic rings. The van der Waals surface area contributed by atoms with Crippen LogP contribution >= 0.6 is 0 Å². The average Bonchev–Trinajstić information content (AvgIpc) is 2.82. The second-order valence-corrected chi connectivity index (χ2v) is 4.27. The third-order valence-corrected chi connectivity index (χ3v) is 3.20. The Bertz CT molecular complexity index is 400. The van der Waals surface area contributed by atoms with Crippen molar-refractivity contribution in [2.45, 2.75) is 19.3 Å². The molecule has 1 aromatic heterocycles. The van der Waals surface area contributed by atoms with Crippen molar-refractivity contribution >= 4 is 5.97 Å². The fraction of sp³-hybridized carbons (Fsp3) is 0.636. The molecule has 0 saturated carbocycles. The predicted molar refractivity (Wildman–Crippen MR) is 59.3 cm³/mol. The van der Waals surface area contributed by atoms with Gasteiger partial charge in [-0.1, -0.05) is 6.92 Å². The highest BCUT2D eigenvalue weighted by molar-refractivity contribution is 5.72. The van der Waals surface area contributed by atoms with Gasteiger partial charge in [-0.15, -0.1) is 0 Å². The van der Waals surface area contributed by atoms with Crippen LogP contribution in [0.15, 0.2) is 6.20 Å². The van der Waals surface area contributed by atoms with E-state index >= 15 is 0 Å². The number of aliphatic carboxylic acids is 1. The van der Waals surface area contributed by atoms with Crippen LogP contribution in [0.5, 0.6) is 0 Å². The molecule has 0 aliphatic carbocycles. The van der Waals surface area contributed by atoms with Crippen LogP contribution in [0, 0.1) is 5.92 Å². The van der Waals surface area contributed by atoms with Crippen LogP contribution in [-0.2, 0) is 18.3 Å². The van der Waals surface area contributed by atoms with Gasteiger partial charge in [-0.25, -0.2) is 0 Å². The molecule has 2 unspecified atom stereocenters. The molecule has 0 amide bonds. The molecule has 2 atom stereocenters. The van der Waals surface area contributed by atoms with Crippen molar-refractivity contribution < 1.29 is 9.90 Å². The van der Waals surface area contributed by atoms with E-state index < -0.39 is 5.97 Å². The Hall–Kier alpha value is -1.36. The predicted octanol–water partition coefficient (Wildman–Crippen LogP) is 0.370. The minimum Gasteiger partial charge on any atom is -0.481 e. The maximum atomic E-state index is 11.1. The zero-order valence-corrected chi connectivity index (χ0v) is 9.60. The van der Waals surface area contributed by atoms with Crippen LogP contribution in [-0.4, -0.2) is 33.9 Å². The molecule has 5 nitrogen and oxygen atoms in total. The van der Waals surface area contributed by atoms with Crippen LogP contribution in [0.3, 0.4) is 0 Å². The quantitative estimate of drug-likeness (QED) is 0.777. The Kier molecular flexibility index (Phi) is 2.96. The van der Waals surface area contributed by atoms with E-state index in [4.69, 9.17) is 5.11 Å². The number of carbonyl (C=O) groups is 1. The second-order valence-electron chi connectivity index (χ2n) is 4.27. The maximum Gasteiger partial charge on any atom is 0.308 e. The first-order valence-electron chi connectivity index (χ1n) is 5.59. The first-order valence-corrected chi connectivity index (χ1v) is 5.59. The van der Waals surface area contributed by atoms with Crippen molar-refractivity contribution in [3.05, 3.63) is 17.5 Å². The van der Waals surface area contributed by atoms with Gasteiger partial charge in [0.15, 0.2) is 0 Å². The highest BCUT2D eigenvalue weighted by Gasteiger charge is 2.35. The van der Waals surface area contributed by atoms with Crippen molar-refractivity contribution in [3.63, 3.8) is 0 Å². The number of hydrogen-bond acceptors (Lipinski definition) is 3. The average molecular weight is 223 g/mol. The lowest BCUT2D eigenvalue weighted by molar-refractivity contribution is -0.141. The van der Waals surface area contributed by atoms with E-state index in [0.717, 1.165) is 24.2 Å². The Morgan fingerprint density at radius 1 is 1.69 bits per heavy atom. The number of rotatable bonds is 3. The largest absolute Gasteiger partial charge is 0.481 e. The third-order valence-electron chi connectivity index (χ3n) is 3.20. The molecule has 2 N–H and O–H groups in total. The van der Waals surface area contributed by atoms with Gasteiger partial charge in [0, 0.05) is 32.3 Å². The molecule has 1 aromatic rings. The van der Waals surface area contributed by atoms with Crippen LogP contribution in [0.1, 0.15) is 24.1 Å². The Morgan fingerprint density at radius 2 is 2.44 bits per heavy atom. The summed E-state index contributed by atoms with van der Waals surface area (Å²) < 4.78 is 1.77. The zero-order valence-electron chi connectivity index (χ0n) is 9.60. The fourth-order valence-electron chi connectivity index (χ4n) is 2.40. The molecular weight excluding hydrogens is 206 g/mol. The van der Waals surface area contributed by atoms with Gasteiger partial charge in [0.2, 0.25) is 0 Å². The van der Waals surface area contributed by atoms with Gasteiger partial charge in [0.05, 0.1) is 11.6 Å². The Balaban J connectivity index is 2.31. The summed E-state index contributed by atoms with van der Waals surface area (Å²) in [5, 5.41) is 16.7. The summed E-state index contributed by atoms with van der Waals surface area (Å²) in [6, 6.07) is 0. The van der Waals surface area contributed by atoms with Crippen LogP contribution in [0.25, 0.3) is 0 Å². The highest BCUT2D eigenvalue weighted by Crippen LogP contribution is 2.30. The van der Waals surface area contributed by atoms with E-state index in [1.807, 2.05) is 20.2 Å². The van der Waals surface area contributed by atoms with Crippen LogP contribution in [0.4, 0.5) is 0 Å². The van der Waals surface area contributed by atoms with E-state index in [2.05, 4.69) is 10.4 Å². The molecule has 0 radical (unpaired) electrons. The topological polar surface area (TPSA) is 67.2 Å². The zero-order chi connectivity index (χ0) is 11.7. The van der Waals surface area contributed by atoms with Crippen molar-refractivity contribution in [2.75, 3.05) is 13.1 Å². The number of aromatic nitrogens is 2. The first-order chi connectivity index (χ1) is 7.63. The van der Waals surface area contributed by atoms with Gasteiger partial charge in [0.1, 0.15) is 0 Å². The first kappa shape index (κ1) is 11.1. The van der Waals surface area contributed by atoms with Gasteiger partial charge < -0.3 is 10.4 Å². The molecule has 2 rings (SSSR count). The summed E-state index contributed by atoms with van der Waals surface area (Å²) in [5.74, 6) is -0.989. The molecule has 0 aromatic carbocycles. The maximum absolute atomic E-state index is 11.1. The number of carboxylic acids is 1. The van der Waals surface area contributed by atoms with Crippen molar-refractivity contribution in [2.24, 2.45) is 13.0 Å². The lowest BCUT2D eigenvalue weighted by Crippen LogP contribution is -2.21. The lowest BCUT2D eigenvalue weighted by atomic mass is 9.89. The fourth-order valence-corrected chi connectivity index (χ4v) is 2.40. The second kappa shape index (κ2) is 4.25. The smallest absolute Gasteiger partial charge is 0.308 e. The summed E-state index contributed by atoms with van der Waals surface area (Å²) in [6.45, 7) is 3.33. The molecule has 0 spiro atoms.